The summed E-state index contributed by atoms with van der Waals surface area (Å²) < 4.78 is 18.9. The van der Waals surface area contributed by atoms with Crippen LogP contribution in [0, 0.1) is 11.7 Å². The third kappa shape index (κ3) is 7.64. The molecule has 0 unspecified atom stereocenters. The van der Waals surface area contributed by atoms with Gasteiger partial charge in [0.05, 0.1) is 12.7 Å². The standard InChI is InChI=1S/C25H34FN3O2/c1-19(2)31-18-22-6-4-20(5-7-22)14-27-25(30)29(17-23-12-13-28(3)15-23)16-21-8-10-24(26)11-9-21/h4-11,19,23H,12-18H2,1-3H3,(H,27,30)/t23-/m0/s1. The second kappa shape index (κ2) is 11.3. The highest BCUT2D eigenvalue weighted by Crippen LogP contribution is 2.18. The van der Waals surface area contributed by atoms with Crippen LogP contribution in [0.2, 0.25) is 0 Å². The molecule has 1 fully saturated rings. The number of urea groups is 1. The first-order valence-corrected chi connectivity index (χ1v) is 11.0. The van der Waals surface area contributed by atoms with E-state index in [2.05, 4.69) is 17.3 Å². The van der Waals surface area contributed by atoms with Crippen molar-refractivity contribution >= 4 is 6.03 Å². The van der Waals surface area contributed by atoms with Crippen molar-refractivity contribution in [1.82, 2.24) is 15.1 Å². The molecule has 0 radical (unpaired) electrons. The number of likely N-dealkylation sites (tertiary alicyclic amines) is 1. The lowest BCUT2D eigenvalue weighted by Gasteiger charge is -2.26. The molecule has 1 N–H and O–H groups in total. The number of carbonyl (C=O) groups is 1. The van der Waals surface area contributed by atoms with Crippen molar-refractivity contribution in [3.8, 4) is 0 Å². The van der Waals surface area contributed by atoms with Crippen molar-refractivity contribution in [2.75, 3.05) is 26.7 Å². The predicted molar refractivity (Wildman–Crippen MR) is 121 cm³/mol. The van der Waals surface area contributed by atoms with Crippen LogP contribution in [-0.2, 0) is 24.4 Å². The average Bonchev–Trinajstić information content (AvgIpc) is 3.17. The molecule has 1 atom stereocenters. The average molecular weight is 428 g/mol. The molecule has 0 aliphatic carbocycles. The molecular formula is C25H34FN3O2. The van der Waals surface area contributed by atoms with Crippen LogP contribution in [0.25, 0.3) is 0 Å². The van der Waals surface area contributed by atoms with Gasteiger partial charge in [-0.3, -0.25) is 0 Å². The van der Waals surface area contributed by atoms with Gasteiger partial charge in [-0.1, -0.05) is 36.4 Å². The Morgan fingerprint density at radius 3 is 2.39 bits per heavy atom. The summed E-state index contributed by atoms with van der Waals surface area (Å²) >= 11 is 0. The van der Waals surface area contributed by atoms with Gasteiger partial charge in [-0.25, -0.2) is 9.18 Å². The van der Waals surface area contributed by atoms with E-state index in [9.17, 15) is 9.18 Å². The van der Waals surface area contributed by atoms with Gasteiger partial charge < -0.3 is 19.9 Å². The van der Waals surface area contributed by atoms with Crippen LogP contribution >= 0.6 is 0 Å². The van der Waals surface area contributed by atoms with E-state index in [-0.39, 0.29) is 18.0 Å². The van der Waals surface area contributed by atoms with E-state index in [4.69, 9.17) is 4.74 Å². The summed E-state index contributed by atoms with van der Waals surface area (Å²) in [5, 5.41) is 3.05. The van der Waals surface area contributed by atoms with Crippen LogP contribution < -0.4 is 5.32 Å². The molecule has 5 nitrogen and oxygen atoms in total. The topological polar surface area (TPSA) is 44.8 Å². The van der Waals surface area contributed by atoms with Gasteiger partial charge in [-0.2, -0.15) is 0 Å². The molecular weight excluding hydrogens is 393 g/mol. The molecule has 0 bridgehead atoms. The quantitative estimate of drug-likeness (QED) is 0.645. The lowest BCUT2D eigenvalue weighted by atomic mass is 10.1. The van der Waals surface area contributed by atoms with E-state index >= 15 is 0 Å². The molecule has 168 valence electrons. The van der Waals surface area contributed by atoms with Crippen molar-refractivity contribution in [2.24, 2.45) is 5.92 Å². The second-order valence-electron chi connectivity index (χ2n) is 8.76. The first-order chi connectivity index (χ1) is 14.9. The summed E-state index contributed by atoms with van der Waals surface area (Å²) in [4.78, 5) is 17.2. The molecule has 6 heteroatoms. The van der Waals surface area contributed by atoms with Crippen LogP contribution in [0.15, 0.2) is 48.5 Å². The molecule has 1 heterocycles. The Morgan fingerprint density at radius 1 is 1.13 bits per heavy atom. The number of carbonyl (C=O) groups excluding carboxylic acids is 1. The Labute approximate surface area is 185 Å². The Kier molecular flexibility index (Phi) is 8.43. The van der Waals surface area contributed by atoms with Crippen molar-refractivity contribution < 1.29 is 13.9 Å². The van der Waals surface area contributed by atoms with Crippen LogP contribution in [0.3, 0.4) is 0 Å². The summed E-state index contributed by atoms with van der Waals surface area (Å²) in [6, 6.07) is 14.4. The first kappa shape index (κ1) is 23.2. The maximum atomic E-state index is 13.3. The number of hydrogen-bond acceptors (Lipinski definition) is 3. The van der Waals surface area contributed by atoms with Crippen molar-refractivity contribution in [2.45, 2.75) is 46.1 Å². The van der Waals surface area contributed by atoms with Gasteiger partial charge in [0.2, 0.25) is 0 Å². The largest absolute Gasteiger partial charge is 0.374 e. The van der Waals surface area contributed by atoms with Gasteiger partial charge in [-0.05, 0) is 68.6 Å². The smallest absolute Gasteiger partial charge is 0.317 e. The number of hydrogen-bond donors (Lipinski definition) is 1. The Morgan fingerprint density at radius 2 is 1.77 bits per heavy atom. The van der Waals surface area contributed by atoms with Crippen molar-refractivity contribution in [3.63, 3.8) is 0 Å². The monoisotopic (exact) mass is 427 g/mol. The normalized spacial score (nSPS) is 16.6. The maximum Gasteiger partial charge on any atom is 0.317 e. The van der Waals surface area contributed by atoms with Gasteiger partial charge >= 0.3 is 6.03 Å². The van der Waals surface area contributed by atoms with Crippen LogP contribution in [-0.4, -0.2) is 48.6 Å². The van der Waals surface area contributed by atoms with Crippen molar-refractivity contribution in [1.29, 1.82) is 0 Å². The Balaban J connectivity index is 1.58. The fourth-order valence-corrected chi connectivity index (χ4v) is 3.82. The Hall–Kier alpha value is -2.44. The third-order valence-electron chi connectivity index (χ3n) is 5.59. The minimum absolute atomic E-state index is 0.0916. The number of ether oxygens (including phenoxy) is 1. The molecule has 2 aromatic carbocycles. The molecule has 1 saturated heterocycles. The molecule has 0 saturated carbocycles. The van der Waals surface area contributed by atoms with Gasteiger partial charge in [0.25, 0.3) is 0 Å². The zero-order valence-electron chi connectivity index (χ0n) is 18.8. The molecule has 3 rings (SSSR count). The Bertz CT molecular complexity index is 824. The highest BCUT2D eigenvalue weighted by atomic mass is 19.1. The van der Waals surface area contributed by atoms with E-state index in [1.807, 2.05) is 43.0 Å². The number of nitrogens with zero attached hydrogens (tertiary/aromatic N) is 2. The molecule has 1 aliphatic rings. The maximum absolute atomic E-state index is 13.3. The fraction of sp³-hybridized carbons (Fsp3) is 0.480. The van der Waals surface area contributed by atoms with E-state index in [0.29, 0.717) is 32.2 Å². The van der Waals surface area contributed by atoms with Crippen molar-refractivity contribution in [3.05, 3.63) is 71.0 Å². The van der Waals surface area contributed by atoms with Gasteiger partial charge in [0.15, 0.2) is 0 Å². The summed E-state index contributed by atoms with van der Waals surface area (Å²) in [6.45, 7) is 8.31. The third-order valence-corrected chi connectivity index (χ3v) is 5.59. The number of rotatable bonds is 9. The highest BCUT2D eigenvalue weighted by molar-refractivity contribution is 5.74. The van der Waals surface area contributed by atoms with Crippen LogP contribution in [0.1, 0.15) is 37.0 Å². The van der Waals surface area contributed by atoms with E-state index in [1.54, 1.807) is 12.1 Å². The summed E-state index contributed by atoms with van der Waals surface area (Å²) in [5.74, 6) is 0.191. The molecule has 0 aromatic heterocycles. The lowest BCUT2D eigenvalue weighted by Crippen LogP contribution is -2.42. The van der Waals surface area contributed by atoms with E-state index in [0.717, 1.165) is 36.2 Å². The molecule has 2 amide bonds. The SMILES string of the molecule is CC(C)OCc1ccc(CNC(=O)N(Cc2ccc(F)cc2)C[C@H]2CCN(C)C2)cc1. The van der Waals surface area contributed by atoms with E-state index in [1.165, 1.54) is 12.1 Å². The first-order valence-electron chi connectivity index (χ1n) is 11.0. The minimum Gasteiger partial charge on any atom is -0.374 e. The van der Waals surface area contributed by atoms with Gasteiger partial charge in [0, 0.05) is 26.2 Å². The van der Waals surface area contributed by atoms with E-state index < -0.39 is 0 Å². The summed E-state index contributed by atoms with van der Waals surface area (Å²) in [6.07, 6.45) is 1.29. The number of amides is 2. The van der Waals surface area contributed by atoms with Crippen LogP contribution in [0.5, 0.6) is 0 Å². The summed E-state index contributed by atoms with van der Waals surface area (Å²) in [7, 11) is 2.11. The number of benzene rings is 2. The number of nitrogens with one attached hydrogen (secondary N) is 1. The fourth-order valence-electron chi connectivity index (χ4n) is 3.82. The molecule has 2 aromatic rings. The van der Waals surface area contributed by atoms with Gasteiger partial charge in [-0.15, -0.1) is 0 Å². The van der Waals surface area contributed by atoms with Crippen LogP contribution in [0.4, 0.5) is 9.18 Å². The molecule has 0 spiro atoms. The zero-order valence-corrected chi connectivity index (χ0v) is 18.8. The number of halogens is 1. The highest BCUT2D eigenvalue weighted by Gasteiger charge is 2.24. The minimum atomic E-state index is -0.264. The molecule has 1 aliphatic heterocycles. The second-order valence-corrected chi connectivity index (χ2v) is 8.76. The molecule has 31 heavy (non-hydrogen) atoms. The van der Waals surface area contributed by atoms with Gasteiger partial charge in [0.1, 0.15) is 5.82 Å². The summed E-state index contributed by atoms with van der Waals surface area (Å²) in [5.41, 5.74) is 3.09. The zero-order chi connectivity index (χ0) is 22.2. The predicted octanol–water partition coefficient (Wildman–Crippen LogP) is 4.41. The lowest BCUT2D eigenvalue weighted by molar-refractivity contribution is 0.0657.